The second-order valence-corrected chi connectivity index (χ2v) is 8.24. The van der Waals surface area contributed by atoms with Crippen molar-refractivity contribution < 1.29 is 9.59 Å². The Morgan fingerprint density at radius 2 is 2.15 bits per heavy atom. The van der Waals surface area contributed by atoms with Crippen LogP contribution in [0.15, 0.2) is 35.6 Å². The summed E-state index contributed by atoms with van der Waals surface area (Å²) in [6, 6.07) is 6.98. The van der Waals surface area contributed by atoms with E-state index >= 15 is 0 Å². The van der Waals surface area contributed by atoms with Crippen molar-refractivity contribution in [1.82, 2.24) is 9.97 Å². The summed E-state index contributed by atoms with van der Waals surface area (Å²) in [6.07, 6.45) is 4.95. The predicted octanol–water partition coefficient (Wildman–Crippen LogP) is 4.11. The number of aryl methyl sites for hydroxylation is 2. The first kappa shape index (κ1) is 17.2. The number of ketones is 1. The van der Waals surface area contributed by atoms with Crippen LogP contribution in [0.5, 0.6) is 0 Å². The Labute approximate surface area is 159 Å². The fraction of sp³-hybridized carbons (Fsp3) is 0.263. The number of aromatic nitrogens is 2. The molecule has 1 amide bonds. The summed E-state index contributed by atoms with van der Waals surface area (Å²) < 4.78 is 0. The number of fused-ring (bicyclic) bond motifs is 3. The van der Waals surface area contributed by atoms with Gasteiger partial charge in [-0.05, 0) is 43.9 Å². The number of thiophene rings is 1. The quantitative estimate of drug-likeness (QED) is 0.408. The minimum atomic E-state index is -0.116. The van der Waals surface area contributed by atoms with Gasteiger partial charge in [0.1, 0.15) is 16.2 Å². The molecule has 7 heteroatoms. The molecular formula is C19H17N3O2S2. The lowest BCUT2D eigenvalue weighted by Crippen LogP contribution is -2.14. The smallest absolute Gasteiger partial charge is 0.234 e. The molecule has 2 aromatic heterocycles. The zero-order valence-electron chi connectivity index (χ0n) is 14.2. The number of nitrogens with zero attached hydrogens (tertiary/aromatic N) is 2. The number of Topliss-reactive ketones (excluding diaryl/α,β-unsaturated/α-hetero) is 1. The van der Waals surface area contributed by atoms with Crippen LogP contribution in [0.1, 0.15) is 34.1 Å². The third-order valence-corrected chi connectivity index (χ3v) is 6.55. The number of carbonyl (C=O) groups excluding carboxylic acids is 2. The highest BCUT2D eigenvalue weighted by Crippen LogP contribution is 2.39. The average molecular weight is 383 g/mol. The molecule has 26 heavy (non-hydrogen) atoms. The second-order valence-electron chi connectivity index (χ2n) is 6.19. The maximum absolute atomic E-state index is 12.3. The lowest BCUT2D eigenvalue weighted by molar-refractivity contribution is -0.113. The van der Waals surface area contributed by atoms with Crippen molar-refractivity contribution in [1.29, 1.82) is 0 Å². The molecule has 1 aliphatic rings. The van der Waals surface area contributed by atoms with E-state index in [1.165, 1.54) is 35.5 Å². The Bertz CT molecular complexity index is 1010. The Hall–Kier alpha value is -2.25. The molecule has 0 bridgehead atoms. The van der Waals surface area contributed by atoms with E-state index in [1.807, 2.05) is 0 Å². The number of nitrogens with one attached hydrogen (secondary N) is 1. The van der Waals surface area contributed by atoms with Crippen LogP contribution in [0.2, 0.25) is 0 Å². The first-order valence-electron chi connectivity index (χ1n) is 8.40. The fourth-order valence-electron chi connectivity index (χ4n) is 3.16. The Morgan fingerprint density at radius 1 is 1.27 bits per heavy atom. The van der Waals surface area contributed by atoms with Gasteiger partial charge >= 0.3 is 0 Å². The minimum Gasteiger partial charge on any atom is -0.325 e. The van der Waals surface area contributed by atoms with E-state index in [-0.39, 0.29) is 17.4 Å². The summed E-state index contributed by atoms with van der Waals surface area (Å²) in [6.45, 7) is 1.51. The van der Waals surface area contributed by atoms with Gasteiger partial charge in [0.05, 0.1) is 5.75 Å². The van der Waals surface area contributed by atoms with Crippen LogP contribution in [-0.2, 0) is 17.6 Å². The molecule has 2 heterocycles. The normalized spacial score (nSPS) is 13.0. The first-order chi connectivity index (χ1) is 12.6. The number of hydrogen-bond donors (Lipinski definition) is 1. The third-order valence-electron chi connectivity index (χ3n) is 4.36. The highest BCUT2D eigenvalue weighted by Gasteiger charge is 2.21. The van der Waals surface area contributed by atoms with Gasteiger partial charge in [0.15, 0.2) is 5.78 Å². The second kappa shape index (κ2) is 7.17. The Morgan fingerprint density at radius 3 is 3.00 bits per heavy atom. The maximum atomic E-state index is 12.3. The highest BCUT2D eigenvalue weighted by atomic mass is 32.2. The van der Waals surface area contributed by atoms with E-state index < -0.39 is 0 Å². The van der Waals surface area contributed by atoms with Gasteiger partial charge in [-0.1, -0.05) is 23.9 Å². The van der Waals surface area contributed by atoms with Gasteiger partial charge in [-0.15, -0.1) is 11.3 Å². The Kier molecular flexibility index (Phi) is 4.74. The van der Waals surface area contributed by atoms with Crippen molar-refractivity contribution in [3.05, 3.63) is 46.6 Å². The summed E-state index contributed by atoms with van der Waals surface area (Å²) >= 11 is 3.18. The molecule has 0 atom stereocenters. The monoisotopic (exact) mass is 383 g/mol. The number of anilines is 1. The molecule has 4 rings (SSSR count). The van der Waals surface area contributed by atoms with Gasteiger partial charge in [0.2, 0.25) is 5.91 Å². The van der Waals surface area contributed by atoms with Gasteiger partial charge in [-0.2, -0.15) is 0 Å². The number of benzene rings is 1. The number of hydrogen-bond acceptors (Lipinski definition) is 6. The molecule has 1 aromatic carbocycles. The van der Waals surface area contributed by atoms with Crippen LogP contribution in [0.4, 0.5) is 5.69 Å². The van der Waals surface area contributed by atoms with Crippen molar-refractivity contribution in [3.8, 4) is 0 Å². The topological polar surface area (TPSA) is 72.0 Å². The van der Waals surface area contributed by atoms with Crippen LogP contribution in [0, 0.1) is 0 Å². The first-order valence-corrected chi connectivity index (χ1v) is 10.2. The molecular weight excluding hydrogens is 366 g/mol. The molecule has 1 N–H and O–H groups in total. The number of rotatable bonds is 5. The summed E-state index contributed by atoms with van der Waals surface area (Å²) in [4.78, 5) is 35.0. The maximum Gasteiger partial charge on any atom is 0.234 e. The van der Waals surface area contributed by atoms with Gasteiger partial charge < -0.3 is 5.32 Å². The van der Waals surface area contributed by atoms with Gasteiger partial charge in [-0.25, -0.2) is 9.97 Å². The molecule has 1 aliphatic carbocycles. The largest absolute Gasteiger partial charge is 0.325 e. The lowest BCUT2D eigenvalue weighted by Gasteiger charge is -2.07. The molecule has 5 nitrogen and oxygen atoms in total. The summed E-state index contributed by atoms with van der Waals surface area (Å²) in [7, 11) is 0. The molecule has 0 fully saturated rings. The highest BCUT2D eigenvalue weighted by molar-refractivity contribution is 8.00. The van der Waals surface area contributed by atoms with Crippen LogP contribution in [0.3, 0.4) is 0 Å². The molecule has 0 unspecified atom stereocenters. The molecule has 0 spiro atoms. The number of carbonyl (C=O) groups is 2. The average Bonchev–Trinajstić information content (AvgIpc) is 3.21. The van der Waals surface area contributed by atoms with Crippen LogP contribution in [0.25, 0.3) is 10.2 Å². The van der Waals surface area contributed by atoms with E-state index in [4.69, 9.17) is 0 Å². The van der Waals surface area contributed by atoms with Crippen molar-refractivity contribution in [2.75, 3.05) is 11.1 Å². The van der Waals surface area contributed by atoms with Crippen LogP contribution in [-0.4, -0.2) is 27.4 Å². The van der Waals surface area contributed by atoms with Gasteiger partial charge in [-0.3, -0.25) is 9.59 Å². The predicted molar refractivity (Wildman–Crippen MR) is 105 cm³/mol. The van der Waals surface area contributed by atoms with E-state index in [1.54, 1.807) is 41.9 Å². The zero-order chi connectivity index (χ0) is 18.1. The summed E-state index contributed by atoms with van der Waals surface area (Å²) in [5.74, 6) is 0.126. The standard InChI is InChI=1S/C19H17N3O2S2/c1-11(23)12-4-2-5-13(8-12)22-16(24)9-25-18-17-14-6-3-7-15(14)26-19(17)21-10-20-18/h2,4-5,8,10H,3,6-7,9H2,1H3,(H,22,24). The number of amides is 1. The molecule has 0 saturated carbocycles. The molecule has 132 valence electrons. The van der Waals surface area contributed by atoms with Crippen LogP contribution >= 0.6 is 23.1 Å². The minimum absolute atomic E-state index is 0.0230. The van der Waals surface area contributed by atoms with Crippen molar-refractivity contribution in [3.63, 3.8) is 0 Å². The molecule has 3 aromatic rings. The molecule has 0 aliphatic heterocycles. The van der Waals surface area contributed by atoms with E-state index in [0.29, 0.717) is 11.3 Å². The van der Waals surface area contributed by atoms with E-state index in [2.05, 4.69) is 15.3 Å². The number of thioether (sulfide) groups is 1. The molecule has 0 saturated heterocycles. The summed E-state index contributed by atoms with van der Waals surface area (Å²) in [5.41, 5.74) is 2.58. The Balaban J connectivity index is 1.48. The van der Waals surface area contributed by atoms with Crippen LogP contribution < -0.4 is 5.32 Å². The SMILES string of the molecule is CC(=O)c1cccc(NC(=O)CSc2ncnc3sc4c(c23)CCC4)c1. The van der Waals surface area contributed by atoms with Gasteiger partial charge in [0.25, 0.3) is 0 Å². The third kappa shape index (κ3) is 3.37. The van der Waals surface area contributed by atoms with Crippen molar-refractivity contribution >= 4 is 50.7 Å². The fourth-order valence-corrected chi connectivity index (χ4v) is 5.28. The van der Waals surface area contributed by atoms with Gasteiger partial charge in [0, 0.05) is 21.5 Å². The lowest BCUT2D eigenvalue weighted by atomic mass is 10.1. The van der Waals surface area contributed by atoms with E-state index in [0.717, 1.165) is 28.1 Å². The van der Waals surface area contributed by atoms with E-state index in [9.17, 15) is 9.59 Å². The molecule has 0 radical (unpaired) electrons. The van der Waals surface area contributed by atoms with Crippen molar-refractivity contribution in [2.24, 2.45) is 0 Å². The van der Waals surface area contributed by atoms with Crippen molar-refractivity contribution in [2.45, 2.75) is 31.2 Å². The summed E-state index contributed by atoms with van der Waals surface area (Å²) in [5, 5.41) is 4.85. The zero-order valence-corrected chi connectivity index (χ0v) is 15.9.